The van der Waals surface area contributed by atoms with Crippen LogP contribution in [0.25, 0.3) is 0 Å². The summed E-state index contributed by atoms with van der Waals surface area (Å²) in [6.45, 7) is 4.51. The summed E-state index contributed by atoms with van der Waals surface area (Å²) < 4.78 is 0.621. The average Bonchev–Trinajstić information content (AvgIpc) is 2.34. The van der Waals surface area contributed by atoms with Gasteiger partial charge in [0.05, 0.1) is 0 Å². The second kappa shape index (κ2) is 8.96. The van der Waals surface area contributed by atoms with Gasteiger partial charge in [-0.25, -0.2) is 0 Å². The monoisotopic (exact) mass is 344 g/mol. The Morgan fingerprint density at radius 3 is 2.12 bits per heavy atom. The molecule has 1 aromatic rings. The predicted molar refractivity (Wildman–Crippen MR) is 86.0 cm³/mol. The molecule has 0 fully saturated rings. The molecule has 1 heteroatoms. The Balaban J connectivity index is 2.19. The second-order valence-electron chi connectivity index (χ2n) is 4.88. The van der Waals surface area contributed by atoms with Crippen LogP contribution >= 0.6 is 22.6 Å². The van der Waals surface area contributed by atoms with Crippen molar-refractivity contribution in [3.8, 4) is 0 Å². The number of halogens is 1. The molecular formula is C16H25I. The molecule has 0 heterocycles. The smallest absolute Gasteiger partial charge is 0.0331 e. The zero-order valence-corrected chi connectivity index (χ0v) is 13.4. The Morgan fingerprint density at radius 1 is 0.941 bits per heavy atom. The maximum Gasteiger partial charge on any atom is 0.0331 e. The highest BCUT2D eigenvalue weighted by Crippen LogP contribution is 2.22. The summed E-state index contributed by atoms with van der Waals surface area (Å²) in [7, 11) is 0. The quantitative estimate of drug-likeness (QED) is 0.304. The standard InChI is InChI=1S/C16H25I/c1-3-4-5-6-7-8-9-15-10-12-16(13-11-15)14(2)17/h10-14H,3-9H2,1-2H3. The molecule has 0 amide bonds. The molecule has 0 nitrogen and oxygen atoms in total. The van der Waals surface area contributed by atoms with Crippen molar-refractivity contribution in [2.75, 3.05) is 0 Å². The number of alkyl halides is 1. The van der Waals surface area contributed by atoms with E-state index >= 15 is 0 Å². The van der Waals surface area contributed by atoms with Crippen LogP contribution in [0.3, 0.4) is 0 Å². The van der Waals surface area contributed by atoms with Crippen molar-refractivity contribution in [1.29, 1.82) is 0 Å². The summed E-state index contributed by atoms with van der Waals surface area (Å²) in [4.78, 5) is 0. The molecule has 1 rings (SSSR count). The maximum atomic E-state index is 2.47. The third-order valence-electron chi connectivity index (χ3n) is 3.26. The van der Waals surface area contributed by atoms with Gasteiger partial charge in [-0.15, -0.1) is 0 Å². The molecule has 0 aliphatic heterocycles. The second-order valence-corrected chi connectivity index (χ2v) is 6.74. The molecule has 0 spiro atoms. The lowest BCUT2D eigenvalue weighted by molar-refractivity contribution is 0.607. The number of benzene rings is 1. The molecule has 1 atom stereocenters. The van der Waals surface area contributed by atoms with E-state index in [-0.39, 0.29) is 0 Å². The van der Waals surface area contributed by atoms with Gasteiger partial charge in [0.25, 0.3) is 0 Å². The van der Waals surface area contributed by atoms with Gasteiger partial charge in [-0.2, -0.15) is 0 Å². The molecule has 96 valence electrons. The minimum atomic E-state index is 0.621. The Labute approximate surface area is 120 Å². The van der Waals surface area contributed by atoms with Gasteiger partial charge in [0, 0.05) is 3.92 Å². The van der Waals surface area contributed by atoms with E-state index in [1.807, 2.05) is 0 Å². The minimum Gasteiger partial charge on any atom is -0.0777 e. The molecule has 1 aromatic carbocycles. The topological polar surface area (TPSA) is 0 Å². The summed E-state index contributed by atoms with van der Waals surface area (Å²) in [6.07, 6.45) is 9.58. The van der Waals surface area contributed by atoms with Gasteiger partial charge in [-0.1, -0.05) is 85.9 Å². The number of aryl methyl sites for hydroxylation is 1. The van der Waals surface area contributed by atoms with Gasteiger partial charge in [0.1, 0.15) is 0 Å². The molecule has 1 unspecified atom stereocenters. The third kappa shape index (κ3) is 6.44. The lowest BCUT2D eigenvalue weighted by Crippen LogP contribution is -1.88. The van der Waals surface area contributed by atoms with Gasteiger partial charge in [0.2, 0.25) is 0 Å². The number of unbranched alkanes of at least 4 members (excludes halogenated alkanes) is 5. The molecule has 0 saturated carbocycles. The molecule has 0 radical (unpaired) electrons. The fourth-order valence-electron chi connectivity index (χ4n) is 2.06. The van der Waals surface area contributed by atoms with Crippen molar-refractivity contribution in [1.82, 2.24) is 0 Å². The molecule has 0 aromatic heterocycles. The Kier molecular flexibility index (Phi) is 7.91. The first kappa shape index (κ1) is 15.0. The lowest BCUT2D eigenvalue weighted by atomic mass is 10.0. The van der Waals surface area contributed by atoms with Crippen LogP contribution in [0.15, 0.2) is 24.3 Å². The van der Waals surface area contributed by atoms with E-state index in [9.17, 15) is 0 Å². The van der Waals surface area contributed by atoms with Crippen molar-refractivity contribution in [3.05, 3.63) is 35.4 Å². The van der Waals surface area contributed by atoms with Crippen molar-refractivity contribution < 1.29 is 0 Å². The van der Waals surface area contributed by atoms with Gasteiger partial charge >= 0.3 is 0 Å². The normalized spacial score (nSPS) is 12.6. The molecule has 0 saturated heterocycles. The summed E-state index contributed by atoms with van der Waals surface area (Å²) in [6, 6.07) is 9.17. The molecule has 0 aliphatic carbocycles. The molecule has 17 heavy (non-hydrogen) atoms. The molecular weight excluding hydrogens is 319 g/mol. The molecule has 0 aliphatic rings. The van der Waals surface area contributed by atoms with E-state index in [1.54, 1.807) is 0 Å². The van der Waals surface area contributed by atoms with Gasteiger partial charge in [0.15, 0.2) is 0 Å². The summed E-state index contributed by atoms with van der Waals surface area (Å²) in [5.41, 5.74) is 2.94. The fourth-order valence-corrected chi connectivity index (χ4v) is 2.47. The summed E-state index contributed by atoms with van der Waals surface area (Å²) in [5, 5.41) is 0. The van der Waals surface area contributed by atoms with E-state index in [0.29, 0.717) is 3.92 Å². The van der Waals surface area contributed by atoms with Gasteiger partial charge in [-0.05, 0) is 30.9 Å². The first-order valence-corrected chi connectivity index (χ1v) is 8.21. The van der Waals surface area contributed by atoms with Crippen LogP contribution in [0.2, 0.25) is 0 Å². The highest BCUT2D eigenvalue weighted by molar-refractivity contribution is 14.1. The van der Waals surface area contributed by atoms with Crippen molar-refractivity contribution >= 4 is 22.6 Å². The van der Waals surface area contributed by atoms with Crippen LogP contribution in [0.4, 0.5) is 0 Å². The lowest BCUT2D eigenvalue weighted by Gasteiger charge is -2.06. The zero-order valence-electron chi connectivity index (χ0n) is 11.2. The first-order chi connectivity index (χ1) is 8.24. The summed E-state index contributed by atoms with van der Waals surface area (Å²) in [5.74, 6) is 0. The number of rotatable bonds is 8. The number of hydrogen-bond donors (Lipinski definition) is 0. The van der Waals surface area contributed by atoms with Crippen LogP contribution < -0.4 is 0 Å². The highest BCUT2D eigenvalue weighted by Gasteiger charge is 2.00. The van der Waals surface area contributed by atoms with Crippen LogP contribution in [0.5, 0.6) is 0 Å². The molecule has 0 N–H and O–H groups in total. The Morgan fingerprint density at radius 2 is 1.53 bits per heavy atom. The maximum absolute atomic E-state index is 2.47. The van der Waals surface area contributed by atoms with E-state index in [2.05, 4.69) is 60.7 Å². The largest absolute Gasteiger partial charge is 0.0777 e. The predicted octanol–water partition coefficient (Wildman–Crippen LogP) is 6.09. The van der Waals surface area contributed by atoms with Gasteiger partial charge < -0.3 is 0 Å². The van der Waals surface area contributed by atoms with E-state index in [1.165, 1.54) is 56.1 Å². The van der Waals surface area contributed by atoms with Crippen molar-refractivity contribution in [2.24, 2.45) is 0 Å². The highest BCUT2D eigenvalue weighted by atomic mass is 127. The minimum absolute atomic E-state index is 0.621. The van der Waals surface area contributed by atoms with Crippen LogP contribution in [-0.2, 0) is 6.42 Å². The zero-order chi connectivity index (χ0) is 12.5. The van der Waals surface area contributed by atoms with E-state index in [4.69, 9.17) is 0 Å². The third-order valence-corrected chi connectivity index (χ3v) is 3.98. The summed E-state index contributed by atoms with van der Waals surface area (Å²) >= 11 is 2.47. The van der Waals surface area contributed by atoms with Crippen LogP contribution in [-0.4, -0.2) is 0 Å². The van der Waals surface area contributed by atoms with Crippen molar-refractivity contribution in [2.45, 2.75) is 62.7 Å². The number of hydrogen-bond acceptors (Lipinski definition) is 0. The van der Waals surface area contributed by atoms with Crippen molar-refractivity contribution in [3.63, 3.8) is 0 Å². The Bertz CT molecular complexity index is 287. The van der Waals surface area contributed by atoms with Crippen LogP contribution in [0.1, 0.15) is 67.4 Å². The van der Waals surface area contributed by atoms with E-state index < -0.39 is 0 Å². The first-order valence-electron chi connectivity index (χ1n) is 6.97. The molecule has 0 bridgehead atoms. The van der Waals surface area contributed by atoms with E-state index in [0.717, 1.165) is 0 Å². The Hall–Kier alpha value is -0.0500. The SMILES string of the molecule is CCCCCCCCc1ccc(C(C)I)cc1. The average molecular weight is 344 g/mol. The fraction of sp³-hybridized carbons (Fsp3) is 0.625. The van der Waals surface area contributed by atoms with Gasteiger partial charge in [-0.3, -0.25) is 0 Å². The van der Waals surface area contributed by atoms with Crippen LogP contribution in [0, 0.1) is 0 Å².